The first-order valence-electron chi connectivity index (χ1n) is 5.37. The van der Waals surface area contributed by atoms with Crippen LogP contribution < -0.4 is 5.48 Å². The van der Waals surface area contributed by atoms with E-state index < -0.39 is 5.41 Å². The number of nitrogens with one attached hydrogen (secondary N) is 1. The van der Waals surface area contributed by atoms with E-state index in [9.17, 15) is 5.26 Å². The van der Waals surface area contributed by atoms with E-state index in [-0.39, 0.29) is 0 Å². The van der Waals surface area contributed by atoms with E-state index in [4.69, 9.17) is 5.21 Å². The molecule has 0 amide bonds. The first-order valence-corrected chi connectivity index (χ1v) is 5.37. The fourth-order valence-corrected chi connectivity index (χ4v) is 2.14. The molecular formula is C13H14N2O. The van der Waals surface area contributed by atoms with Crippen molar-refractivity contribution < 1.29 is 5.21 Å². The summed E-state index contributed by atoms with van der Waals surface area (Å²) in [4.78, 5) is 0. The zero-order chi connectivity index (χ0) is 11.4. The van der Waals surface area contributed by atoms with Crippen LogP contribution in [0.25, 0.3) is 0 Å². The van der Waals surface area contributed by atoms with E-state index in [1.165, 1.54) is 0 Å². The fraction of sp³-hybridized carbons (Fsp3) is 0.308. The van der Waals surface area contributed by atoms with Crippen LogP contribution in [0.1, 0.15) is 24.8 Å². The number of hydrogen-bond acceptors (Lipinski definition) is 3. The molecule has 0 saturated heterocycles. The molecule has 82 valence electrons. The zero-order valence-electron chi connectivity index (χ0n) is 8.98. The molecule has 2 rings (SSSR count). The number of nitriles is 1. The van der Waals surface area contributed by atoms with Gasteiger partial charge < -0.3 is 0 Å². The van der Waals surface area contributed by atoms with Gasteiger partial charge >= 0.3 is 0 Å². The number of hydroxylamine groups is 1. The number of rotatable bonds is 2. The summed E-state index contributed by atoms with van der Waals surface area (Å²) in [5.41, 5.74) is 3.61. The van der Waals surface area contributed by atoms with Crippen LogP contribution in [-0.2, 0) is 5.41 Å². The summed E-state index contributed by atoms with van der Waals surface area (Å²) in [5.74, 6) is 0. The molecule has 0 bridgehead atoms. The molecule has 1 aromatic rings. The van der Waals surface area contributed by atoms with Crippen LogP contribution in [-0.4, -0.2) is 5.21 Å². The molecule has 16 heavy (non-hydrogen) atoms. The van der Waals surface area contributed by atoms with Crippen molar-refractivity contribution in [3.63, 3.8) is 0 Å². The largest absolute Gasteiger partial charge is 0.291 e. The molecular weight excluding hydrogens is 200 g/mol. The Morgan fingerprint density at radius 2 is 2.06 bits per heavy atom. The van der Waals surface area contributed by atoms with Gasteiger partial charge in [-0.25, -0.2) is 0 Å². The van der Waals surface area contributed by atoms with Crippen molar-refractivity contribution in [2.45, 2.75) is 24.7 Å². The van der Waals surface area contributed by atoms with Crippen molar-refractivity contribution in [2.24, 2.45) is 0 Å². The van der Waals surface area contributed by atoms with Crippen LogP contribution in [0.5, 0.6) is 0 Å². The SMILES string of the molecule is N#CC1(c2ccccc2)CC=C(NO)CC1. The van der Waals surface area contributed by atoms with Crippen molar-refractivity contribution in [1.82, 2.24) is 5.48 Å². The Morgan fingerprint density at radius 1 is 1.31 bits per heavy atom. The lowest BCUT2D eigenvalue weighted by molar-refractivity contribution is 0.190. The minimum Gasteiger partial charge on any atom is -0.291 e. The molecule has 0 heterocycles. The average molecular weight is 214 g/mol. The maximum Gasteiger partial charge on any atom is 0.0861 e. The van der Waals surface area contributed by atoms with Gasteiger partial charge in [0.1, 0.15) is 0 Å². The minimum absolute atomic E-state index is 0.429. The van der Waals surface area contributed by atoms with Gasteiger partial charge in [-0.3, -0.25) is 10.7 Å². The second-order valence-electron chi connectivity index (χ2n) is 4.11. The Morgan fingerprint density at radius 3 is 2.56 bits per heavy atom. The van der Waals surface area contributed by atoms with Gasteiger partial charge in [0.2, 0.25) is 0 Å². The smallest absolute Gasteiger partial charge is 0.0861 e. The Hall–Kier alpha value is -1.79. The predicted octanol–water partition coefficient (Wildman–Crippen LogP) is 2.49. The number of hydrogen-bond donors (Lipinski definition) is 2. The highest BCUT2D eigenvalue weighted by Crippen LogP contribution is 2.37. The lowest BCUT2D eigenvalue weighted by Gasteiger charge is -2.30. The Balaban J connectivity index is 2.31. The summed E-state index contributed by atoms with van der Waals surface area (Å²) in [7, 11) is 0. The monoisotopic (exact) mass is 214 g/mol. The molecule has 1 aliphatic carbocycles. The van der Waals surface area contributed by atoms with E-state index in [0.29, 0.717) is 12.8 Å². The lowest BCUT2D eigenvalue weighted by Crippen LogP contribution is -2.28. The Kier molecular flexibility index (Phi) is 2.93. The molecule has 0 aliphatic heterocycles. The van der Waals surface area contributed by atoms with Gasteiger partial charge in [0.25, 0.3) is 0 Å². The van der Waals surface area contributed by atoms with E-state index >= 15 is 0 Å². The summed E-state index contributed by atoms with van der Waals surface area (Å²) < 4.78 is 0. The quantitative estimate of drug-likeness (QED) is 0.744. The molecule has 0 radical (unpaired) electrons. The Labute approximate surface area is 95.0 Å². The van der Waals surface area contributed by atoms with Crippen molar-refractivity contribution in [1.29, 1.82) is 5.26 Å². The molecule has 1 aliphatic rings. The molecule has 0 saturated carbocycles. The normalized spacial score (nSPS) is 24.4. The standard InChI is InChI=1S/C13H14N2O/c14-10-13(11-4-2-1-3-5-11)8-6-12(15-16)7-9-13/h1-6,15-16H,7-9H2. The van der Waals surface area contributed by atoms with Crippen molar-refractivity contribution in [3.8, 4) is 6.07 Å². The number of allylic oxidation sites excluding steroid dienone is 2. The van der Waals surface area contributed by atoms with Gasteiger partial charge in [-0.05, 0) is 24.8 Å². The molecule has 0 fully saturated rings. The van der Waals surface area contributed by atoms with Crippen LogP contribution in [0, 0.1) is 11.3 Å². The summed E-state index contributed by atoms with van der Waals surface area (Å²) in [6, 6.07) is 12.3. The third-order valence-electron chi connectivity index (χ3n) is 3.20. The van der Waals surface area contributed by atoms with Crippen molar-refractivity contribution in [3.05, 3.63) is 47.7 Å². The zero-order valence-corrected chi connectivity index (χ0v) is 8.98. The first-order chi connectivity index (χ1) is 7.80. The third kappa shape index (κ3) is 1.80. The summed E-state index contributed by atoms with van der Waals surface area (Å²) >= 11 is 0. The minimum atomic E-state index is -0.429. The highest BCUT2D eigenvalue weighted by Gasteiger charge is 2.33. The molecule has 1 aromatic carbocycles. The summed E-state index contributed by atoms with van der Waals surface area (Å²) in [6.07, 6.45) is 4.00. The second-order valence-corrected chi connectivity index (χ2v) is 4.11. The predicted molar refractivity (Wildman–Crippen MR) is 60.6 cm³/mol. The lowest BCUT2D eigenvalue weighted by atomic mass is 9.72. The van der Waals surface area contributed by atoms with Crippen molar-refractivity contribution in [2.75, 3.05) is 0 Å². The topological polar surface area (TPSA) is 56.0 Å². The molecule has 3 heteroatoms. The molecule has 1 unspecified atom stereocenters. The van der Waals surface area contributed by atoms with E-state index in [1.807, 2.05) is 36.4 Å². The van der Waals surface area contributed by atoms with Crippen LogP contribution >= 0.6 is 0 Å². The number of nitrogens with zero attached hydrogens (tertiary/aromatic N) is 1. The number of benzene rings is 1. The molecule has 3 nitrogen and oxygen atoms in total. The average Bonchev–Trinajstić information content (AvgIpc) is 2.40. The first kappa shape index (κ1) is 10.7. The Bertz CT molecular complexity index is 433. The van der Waals surface area contributed by atoms with Gasteiger partial charge in [0, 0.05) is 5.70 Å². The maximum absolute atomic E-state index is 9.39. The maximum atomic E-state index is 9.39. The van der Waals surface area contributed by atoms with Gasteiger partial charge in [-0.2, -0.15) is 5.26 Å². The molecule has 0 aromatic heterocycles. The van der Waals surface area contributed by atoms with Crippen LogP contribution in [0.2, 0.25) is 0 Å². The van der Waals surface area contributed by atoms with Gasteiger partial charge in [0.15, 0.2) is 0 Å². The summed E-state index contributed by atoms with van der Waals surface area (Å²) in [6.45, 7) is 0. The van der Waals surface area contributed by atoms with Crippen molar-refractivity contribution >= 4 is 0 Å². The van der Waals surface area contributed by atoms with E-state index in [0.717, 1.165) is 17.7 Å². The van der Waals surface area contributed by atoms with Crippen LogP contribution in [0.15, 0.2) is 42.1 Å². The molecule has 2 N–H and O–H groups in total. The summed E-state index contributed by atoms with van der Waals surface area (Å²) in [5, 5.41) is 18.2. The highest BCUT2D eigenvalue weighted by atomic mass is 16.5. The van der Waals surface area contributed by atoms with Crippen LogP contribution in [0.4, 0.5) is 0 Å². The van der Waals surface area contributed by atoms with Crippen LogP contribution in [0.3, 0.4) is 0 Å². The highest BCUT2D eigenvalue weighted by molar-refractivity contribution is 5.35. The van der Waals surface area contributed by atoms with Gasteiger partial charge in [-0.15, -0.1) is 0 Å². The van der Waals surface area contributed by atoms with E-state index in [1.54, 1.807) is 0 Å². The fourth-order valence-electron chi connectivity index (χ4n) is 2.14. The third-order valence-corrected chi connectivity index (χ3v) is 3.20. The molecule has 1 atom stereocenters. The molecule has 0 spiro atoms. The van der Waals surface area contributed by atoms with Gasteiger partial charge in [-0.1, -0.05) is 36.4 Å². The second kappa shape index (κ2) is 4.38. The van der Waals surface area contributed by atoms with E-state index in [2.05, 4.69) is 11.5 Å². The van der Waals surface area contributed by atoms with Gasteiger partial charge in [0.05, 0.1) is 11.5 Å².